The largest absolute Gasteiger partial charge is 0.340 e. The first-order valence-corrected chi connectivity index (χ1v) is 9.61. The Morgan fingerprint density at radius 1 is 1.15 bits per heavy atom. The molecule has 4 rings (SSSR count). The summed E-state index contributed by atoms with van der Waals surface area (Å²) in [5.74, 6) is 0.815. The van der Waals surface area contributed by atoms with Crippen molar-refractivity contribution in [2.45, 2.75) is 36.7 Å². The van der Waals surface area contributed by atoms with E-state index in [9.17, 15) is 4.79 Å². The number of fused-ring (bicyclic) bond motifs is 1. The number of aryl methyl sites for hydroxylation is 1. The fourth-order valence-corrected chi connectivity index (χ4v) is 4.46. The predicted molar refractivity (Wildman–Crippen MR) is 102 cm³/mol. The molecule has 0 radical (unpaired) electrons. The molecule has 1 aliphatic rings. The van der Waals surface area contributed by atoms with Crippen molar-refractivity contribution in [1.82, 2.24) is 19.9 Å². The number of pyridine rings is 1. The maximum atomic E-state index is 11.7. The predicted octanol–water partition coefficient (Wildman–Crippen LogP) is 3.68. The monoisotopic (exact) mass is 364 g/mol. The minimum Gasteiger partial charge on any atom is -0.340 e. The van der Waals surface area contributed by atoms with E-state index in [1.54, 1.807) is 24.9 Å². The number of carbonyl (C=O) groups excluding carboxylic acids is 1. The molecule has 2 aromatic heterocycles. The first kappa shape index (κ1) is 16.8. The van der Waals surface area contributed by atoms with Gasteiger partial charge in [0, 0.05) is 18.8 Å². The van der Waals surface area contributed by atoms with Crippen molar-refractivity contribution < 1.29 is 4.79 Å². The van der Waals surface area contributed by atoms with Crippen LogP contribution in [-0.4, -0.2) is 20.4 Å². The number of thioether (sulfide) groups is 1. The number of hydrogen-bond donors (Lipinski definition) is 1. The molecule has 1 aromatic carbocycles. The Labute approximate surface area is 156 Å². The summed E-state index contributed by atoms with van der Waals surface area (Å²) in [6.07, 6.45) is 4.94. The zero-order valence-corrected chi connectivity index (χ0v) is 15.4. The normalized spacial score (nSPS) is 14.0. The average Bonchev–Trinajstić information content (AvgIpc) is 3.23. The molecule has 0 fully saturated rings. The van der Waals surface area contributed by atoms with Crippen LogP contribution in [0.15, 0.2) is 59.9 Å². The van der Waals surface area contributed by atoms with E-state index < -0.39 is 0 Å². The number of hydrogen-bond acceptors (Lipinski definition) is 4. The van der Waals surface area contributed by atoms with Gasteiger partial charge < -0.3 is 5.32 Å². The number of rotatable bonds is 5. The smallest absolute Gasteiger partial charge is 0.218 e. The molecule has 1 N–H and O–H groups in total. The highest BCUT2D eigenvalue weighted by molar-refractivity contribution is 7.99. The second-order valence-electron chi connectivity index (χ2n) is 6.27. The van der Waals surface area contributed by atoms with E-state index in [1.165, 1.54) is 5.69 Å². The average molecular weight is 364 g/mol. The van der Waals surface area contributed by atoms with Crippen LogP contribution in [-0.2, 0) is 17.6 Å². The third kappa shape index (κ3) is 3.37. The van der Waals surface area contributed by atoms with E-state index in [0.29, 0.717) is 0 Å². The van der Waals surface area contributed by atoms with Crippen LogP contribution in [0.25, 0.3) is 5.82 Å². The number of amides is 1. The Morgan fingerprint density at radius 2 is 1.96 bits per heavy atom. The summed E-state index contributed by atoms with van der Waals surface area (Å²) in [5, 5.41) is 3.71. The summed E-state index contributed by atoms with van der Waals surface area (Å²) in [5.41, 5.74) is 3.43. The molecule has 0 spiro atoms. The highest BCUT2D eigenvalue weighted by Gasteiger charge is 2.26. The van der Waals surface area contributed by atoms with Crippen molar-refractivity contribution in [3.63, 3.8) is 0 Å². The molecule has 5 nitrogen and oxygen atoms in total. The first-order chi connectivity index (χ1) is 12.7. The number of carbonyl (C=O) groups is 1. The summed E-state index contributed by atoms with van der Waals surface area (Å²) >= 11 is 1.56. The van der Waals surface area contributed by atoms with Crippen molar-refractivity contribution in [3.05, 3.63) is 71.7 Å². The molecule has 0 aliphatic heterocycles. The van der Waals surface area contributed by atoms with Crippen LogP contribution in [0.1, 0.15) is 35.7 Å². The maximum absolute atomic E-state index is 11.7. The molecule has 26 heavy (non-hydrogen) atoms. The first-order valence-electron chi connectivity index (χ1n) is 8.73. The van der Waals surface area contributed by atoms with Gasteiger partial charge in [0.25, 0.3) is 0 Å². The van der Waals surface area contributed by atoms with Crippen LogP contribution < -0.4 is 5.32 Å². The van der Waals surface area contributed by atoms with Gasteiger partial charge in [0.1, 0.15) is 11.2 Å². The summed E-state index contributed by atoms with van der Waals surface area (Å²) in [7, 11) is 0. The second kappa shape index (κ2) is 7.33. The quantitative estimate of drug-likeness (QED) is 0.554. The highest BCUT2D eigenvalue weighted by atomic mass is 32.2. The lowest BCUT2D eigenvalue weighted by Crippen LogP contribution is -2.24. The molecule has 0 saturated heterocycles. The molecular weight excluding hydrogens is 344 g/mol. The van der Waals surface area contributed by atoms with Crippen LogP contribution in [0.5, 0.6) is 0 Å². The molecular formula is C20H20N4OS. The molecule has 1 unspecified atom stereocenters. The molecule has 1 aliphatic carbocycles. The van der Waals surface area contributed by atoms with Crippen LogP contribution in [0.2, 0.25) is 0 Å². The molecule has 1 amide bonds. The molecule has 6 heteroatoms. The van der Waals surface area contributed by atoms with Crippen LogP contribution in [0, 0.1) is 0 Å². The van der Waals surface area contributed by atoms with Gasteiger partial charge in [-0.3, -0.25) is 9.36 Å². The molecule has 0 saturated carbocycles. The molecule has 132 valence electrons. The Kier molecular flexibility index (Phi) is 4.75. The second-order valence-corrected chi connectivity index (χ2v) is 7.35. The van der Waals surface area contributed by atoms with Gasteiger partial charge in [-0.15, -0.1) is 0 Å². The minimum atomic E-state index is -0.196. The van der Waals surface area contributed by atoms with Crippen molar-refractivity contribution in [3.8, 4) is 5.82 Å². The highest BCUT2D eigenvalue weighted by Crippen LogP contribution is 2.37. The third-order valence-electron chi connectivity index (χ3n) is 4.39. The van der Waals surface area contributed by atoms with Crippen LogP contribution in [0.4, 0.5) is 0 Å². The van der Waals surface area contributed by atoms with Gasteiger partial charge in [-0.2, -0.15) is 0 Å². The van der Waals surface area contributed by atoms with E-state index in [1.807, 2.05) is 48.5 Å². The van der Waals surface area contributed by atoms with Gasteiger partial charge >= 0.3 is 0 Å². The Balaban J connectivity index is 1.74. The Morgan fingerprint density at radius 3 is 2.69 bits per heavy atom. The SMILES string of the molecule is CC(=O)NC(Sc1nc2c(n1-c1ccccn1)CCC2)c1ccccc1. The van der Waals surface area contributed by atoms with Crippen molar-refractivity contribution in [1.29, 1.82) is 0 Å². The molecule has 3 aromatic rings. The number of nitrogens with zero attached hydrogens (tertiary/aromatic N) is 3. The van der Waals surface area contributed by atoms with Crippen molar-refractivity contribution >= 4 is 17.7 Å². The van der Waals surface area contributed by atoms with E-state index in [0.717, 1.165) is 41.5 Å². The Bertz CT molecular complexity index is 908. The fourth-order valence-electron chi connectivity index (χ4n) is 3.25. The Hall–Kier alpha value is -2.60. The lowest BCUT2D eigenvalue weighted by molar-refractivity contribution is -0.119. The standard InChI is InChI=1S/C20H20N4OS/c1-14(25)22-19(15-8-3-2-4-9-15)26-20-23-16-10-7-11-17(16)24(20)18-12-5-6-13-21-18/h2-6,8-9,12-13,19H,7,10-11H2,1H3,(H,22,25). The van der Waals surface area contributed by atoms with Gasteiger partial charge in [-0.1, -0.05) is 48.2 Å². The third-order valence-corrected chi connectivity index (χ3v) is 5.50. The number of imidazole rings is 1. The number of nitrogens with one attached hydrogen (secondary N) is 1. The molecule has 0 bridgehead atoms. The van der Waals surface area contributed by atoms with Gasteiger partial charge in [0.15, 0.2) is 5.16 Å². The lowest BCUT2D eigenvalue weighted by Gasteiger charge is -2.18. The van der Waals surface area contributed by atoms with Gasteiger partial charge in [0.05, 0.1) is 5.69 Å². The summed E-state index contributed by atoms with van der Waals surface area (Å²) < 4.78 is 2.14. The van der Waals surface area contributed by atoms with Crippen molar-refractivity contribution in [2.75, 3.05) is 0 Å². The number of benzene rings is 1. The summed E-state index contributed by atoms with van der Waals surface area (Å²) in [4.78, 5) is 21.1. The summed E-state index contributed by atoms with van der Waals surface area (Å²) in [6, 6.07) is 15.9. The van der Waals surface area contributed by atoms with E-state index in [2.05, 4.69) is 14.9 Å². The van der Waals surface area contributed by atoms with Gasteiger partial charge in [-0.25, -0.2) is 9.97 Å². The zero-order valence-electron chi connectivity index (χ0n) is 14.6. The van der Waals surface area contributed by atoms with Gasteiger partial charge in [0.2, 0.25) is 5.91 Å². The lowest BCUT2D eigenvalue weighted by atomic mass is 10.2. The maximum Gasteiger partial charge on any atom is 0.218 e. The minimum absolute atomic E-state index is 0.0603. The van der Waals surface area contributed by atoms with E-state index in [-0.39, 0.29) is 11.3 Å². The van der Waals surface area contributed by atoms with E-state index >= 15 is 0 Å². The summed E-state index contributed by atoms with van der Waals surface area (Å²) in [6.45, 7) is 1.54. The van der Waals surface area contributed by atoms with Gasteiger partial charge in [-0.05, 0) is 37.0 Å². The topological polar surface area (TPSA) is 59.8 Å². The fraction of sp³-hybridized carbons (Fsp3) is 0.250. The zero-order chi connectivity index (χ0) is 17.9. The molecule has 1 atom stereocenters. The molecule has 2 heterocycles. The van der Waals surface area contributed by atoms with Crippen molar-refractivity contribution in [2.24, 2.45) is 0 Å². The van der Waals surface area contributed by atoms with Crippen LogP contribution >= 0.6 is 11.8 Å². The van der Waals surface area contributed by atoms with E-state index in [4.69, 9.17) is 4.98 Å². The van der Waals surface area contributed by atoms with Crippen LogP contribution in [0.3, 0.4) is 0 Å². The number of aromatic nitrogens is 3.